The number of nitrogens with zero attached hydrogens (tertiary/aromatic N) is 4. The van der Waals surface area contributed by atoms with Crippen molar-refractivity contribution in [1.82, 2.24) is 19.6 Å². The molecule has 2 heterocycles. The van der Waals surface area contributed by atoms with Crippen molar-refractivity contribution in [2.24, 2.45) is 0 Å². The van der Waals surface area contributed by atoms with Crippen LogP contribution in [0.15, 0.2) is 30.5 Å². The van der Waals surface area contributed by atoms with Crippen LogP contribution in [0.25, 0.3) is 16.9 Å². The average Bonchev–Trinajstić information content (AvgIpc) is 2.76. The number of nitrogen functional groups attached to an aromatic ring is 1. The molecule has 5 nitrogen and oxygen atoms in total. The lowest BCUT2D eigenvalue weighted by Crippen LogP contribution is -2.04. The van der Waals surface area contributed by atoms with E-state index in [1.807, 2.05) is 0 Å². The quantitative estimate of drug-likeness (QED) is 0.701. The number of hydrogen-bond acceptors (Lipinski definition) is 4. The molecule has 0 amide bonds. The first-order valence-corrected chi connectivity index (χ1v) is 6.08. The fraction of sp³-hybridized carbons (Fsp3) is 0.0833. The summed E-state index contributed by atoms with van der Waals surface area (Å²) in [6.07, 6.45) is -2.87. The van der Waals surface area contributed by atoms with Crippen LogP contribution in [0.5, 0.6) is 0 Å². The van der Waals surface area contributed by atoms with Gasteiger partial charge in [0.15, 0.2) is 0 Å². The molecule has 21 heavy (non-hydrogen) atoms. The average molecular weight is 314 g/mol. The molecular weight excluding hydrogens is 307 g/mol. The van der Waals surface area contributed by atoms with Gasteiger partial charge in [0, 0.05) is 11.8 Å². The van der Waals surface area contributed by atoms with Crippen molar-refractivity contribution < 1.29 is 13.2 Å². The van der Waals surface area contributed by atoms with Gasteiger partial charge in [0.05, 0.1) is 5.56 Å². The third-order valence-electron chi connectivity index (χ3n) is 2.82. The molecule has 9 heteroatoms. The predicted molar refractivity (Wildman–Crippen MR) is 70.6 cm³/mol. The lowest BCUT2D eigenvalue weighted by atomic mass is 10.1. The van der Waals surface area contributed by atoms with E-state index in [1.54, 1.807) is 0 Å². The van der Waals surface area contributed by atoms with Crippen molar-refractivity contribution in [3.8, 4) is 11.1 Å². The molecule has 2 aromatic heterocycles. The van der Waals surface area contributed by atoms with Crippen LogP contribution in [0.4, 0.5) is 19.1 Å². The number of aromatic nitrogens is 4. The smallest absolute Gasteiger partial charge is 0.366 e. The summed E-state index contributed by atoms with van der Waals surface area (Å²) in [4.78, 5) is 7.84. The summed E-state index contributed by atoms with van der Waals surface area (Å²) in [6.45, 7) is 0. The van der Waals surface area contributed by atoms with E-state index in [0.717, 1.165) is 12.1 Å². The molecule has 1 aromatic carbocycles. The highest BCUT2D eigenvalue weighted by molar-refractivity contribution is 6.32. The second-order valence-electron chi connectivity index (χ2n) is 4.24. The third kappa shape index (κ3) is 2.49. The topological polar surface area (TPSA) is 69.1 Å². The van der Waals surface area contributed by atoms with Gasteiger partial charge in [-0.25, -0.2) is 4.52 Å². The Morgan fingerprint density at radius 3 is 2.38 bits per heavy atom. The van der Waals surface area contributed by atoms with Crippen LogP contribution in [-0.4, -0.2) is 19.6 Å². The molecule has 0 atom stereocenters. The Labute approximate surface area is 121 Å². The second kappa shape index (κ2) is 4.59. The van der Waals surface area contributed by atoms with Crippen molar-refractivity contribution in [2.45, 2.75) is 6.18 Å². The van der Waals surface area contributed by atoms with E-state index in [9.17, 15) is 13.2 Å². The molecule has 0 saturated heterocycles. The van der Waals surface area contributed by atoms with E-state index >= 15 is 0 Å². The Morgan fingerprint density at radius 2 is 1.76 bits per heavy atom. The summed E-state index contributed by atoms with van der Waals surface area (Å²) in [6, 6.07) is 4.59. The number of rotatable bonds is 1. The number of benzene rings is 1. The summed E-state index contributed by atoms with van der Waals surface area (Å²) < 4.78 is 38.9. The summed E-state index contributed by atoms with van der Waals surface area (Å²) in [5, 5.41) is 3.99. The fourth-order valence-electron chi connectivity index (χ4n) is 1.85. The predicted octanol–water partition coefficient (Wildman–Crippen LogP) is 3.05. The maximum absolute atomic E-state index is 12.5. The number of halogens is 4. The lowest BCUT2D eigenvalue weighted by Gasteiger charge is -2.08. The van der Waals surface area contributed by atoms with Gasteiger partial charge in [-0.3, -0.25) is 0 Å². The van der Waals surface area contributed by atoms with E-state index in [-0.39, 0.29) is 16.9 Å². The van der Waals surface area contributed by atoms with Gasteiger partial charge >= 0.3 is 6.18 Å². The minimum absolute atomic E-state index is 0.0307. The van der Waals surface area contributed by atoms with Crippen molar-refractivity contribution in [3.63, 3.8) is 0 Å². The standard InChI is InChI=1S/C12H7ClF3N5/c13-9-8(5-21-11(18-9)19-10(17)20-21)6-1-3-7(4-2-6)12(14,15)16/h1-5H,(H2,17,20). The van der Waals surface area contributed by atoms with Crippen molar-refractivity contribution in [2.75, 3.05) is 5.73 Å². The number of alkyl halides is 3. The number of hydrogen-bond donors (Lipinski definition) is 1. The summed E-state index contributed by atoms with van der Waals surface area (Å²) >= 11 is 6.02. The molecule has 0 unspecified atom stereocenters. The Hall–Kier alpha value is -2.35. The van der Waals surface area contributed by atoms with Crippen LogP contribution >= 0.6 is 11.6 Å². The number of nitrogens with two attached hydrogens (primary N) is 1. The van der Waals surface area contributed by atoms with E-state index in [2.05, 4.69) is 15.1 Å². The van der Waals surface area contributed by atoms with Gasteiger partial charge in [-0.1, -0.05) is 23.7 Å². The molecule has 0 aliphatic rings. The molecule has 3 rings (SSSR count). The zero-order valence-corrected chi connectivity index (χ0v) is 11.0. The number of fused-ring (bicyclic) bond motifs is 1. The zero-order chi connectivity index (χ0) is 15.2. The summed E-state index contributed by atoms with van der Waals surface area (Å²) in [5.74, 6) is 0.247. The molecule has 0 bridgehead atoms. The first-order chi connectivity index (χ1) is 9.84. The Morgan fingerprint density at radius 1 is 1.10 bits per heavy atom. The highest BCUT2D eigenvalue weighted by atomic mass is 35.5. The van der Waals surface area contributed by atoms with Crippen molar-refractivity contribution in [3.05, 3.63) is 41.2 Å². The molecule has 108 valence electrons. The molecule has 2 N–H and O–H groups in total. The maximum atomic E-state index is 12.5. The fourth-order valence-corrected chi connectivity index (χ4v) is 2.08. The zero-order valence-electron chi connectivity index (χ0n) is 10.3. The summed E-state index contributed by atoms with van der Waals surface area (Å²) in [7, 11) is 0. The van der Waals surface area contributed by atoms with Gasteiger partial charge in [-0.2, -0.15) is 23.1 Å². The van der Waals surface area contributed by atoms with E-state index in [1.165, 1.54) is 22.8 Å². The molecule has 0 radical (unpaired) electrons. The van der Waals surface area contributed by atoms with E-state index in [0.29, 0.717) is 11.1 Å². The molecular formula is C12H7ClF3N5. The van der Waals surface area contributed by atoms with Crippen molar-refractivity contribution >= 4 is 23.3 Å². The third-order valence-corrected chi connectivity index (χ3v) is 3.11. The van der Waals surface area contributed by atoms with Gasteiger partial charge < -0.3 is 5.73 Å². The lowest BCUT2D eigenvalue weighted by molar-refractivity contribution is -0.137. The normalized spacial score (nSPS) is 12.0. The van der Waals surface area contributed by atoms with Gasteiger partial charge in [0.1, 0.15) is 5.15 Å². The van der Waals surface area contributed by atoms with Gasteiger partial charge in [0.2, 0.25) is 5.95 Å². The SMILES string of the molecule is Nc1nc2nc(Cl)c(-c3ccc(C(F)(F)F)cc3)cn2n1. The van der Waals surface area contributed by atoms with Crippen molar-refractivity contribution in [1.29, 1.82) is 0 Å². The highest BCUT2D eigenvalue weighted by Crippen LogP contribution is 2.32. The van der Waals surface area contributed by atoms with Gasteiger partial charge in [0.25, 0.3) is 5.78 Å². The molecule has 3 aromatic rings. The Bertz CT molecular complexity index is 810. The minimum Gasteiger partial charge on any atom is -0.366 e. The van der Waals surface area contributed by atoms with Crippen LogP contribution in [0.1, 0.15) is 5.56 Å². The Kier molecular flexibility index (Phi) is 2.98. The highest BCUT2D eigenvalue weighted by Gasteiger charge is 2.30. The largest absolute Gasteiger partial charge is 0.416 e. The first-order valence-electron chi connectivity index (χ1n) is 5.70. The molecule has 0 spiro atoms. The molecule has 0 aliphatic carbocycles. The monoisotopic (exact) mass is 313 g/mol. The molecule has 0 aliphatic heterocycles. The Balaban J connectivity index is 2.09. The van der Waals surface area contributed by atoms with Crippen LogP contribution in [0, 0.1) is 0 Å². The molecule has 0 fully saturated rings. The minimum atomic E-state index is -4.38. The summed E-state index contributed by atoms with van der Waals surface area (Å²) in [5.41, 5.74) is 5.63. The van der Waals surface area contributed by atoms with Gasteiger partial charge in [-0.15, -0.1) is 5.10 Å². The van der Waals surface area contributed by atoms with Gasteiger partial charge in [-0.05, 0) is 17.7 Å². The number of anilines is 1. The van der Waals surface area contributed by atoms with Crippen LogP contribution in [0.2, 0.25) is 5.15 Å². The maximum Gasteiger partial charge on any atom is 0.416 e. The van der Waals surface area contributed by atoms with E-state index in [4.69, 9.17) is 17.3 Å². The van der Waals surface area contributed by atoms with Crippen LogP contribution in [0.3, 0.4) is 0 Å². The van der Waals surface area contributed by atoms with Crippen LogP contribution < -0.4 is 5.73 Å². The first kappa shape index (κ1) is 13.6. The van der Waals surface area contributed by atoms with Crippen LogP contribution in [-0.2, 0) is 6.18 Å². The second-order valence-corrected chi connectivity index (χ2v) is 4.59. The van der Waals surface area contributed by atoms with E-state index < -0.39 is 11.7 Å². The molecule has 0 saturated carbocycles.